The molecule has 0 saturated carbocycles. The topological polar surface area (TPSA) is 73.8 Å². The molecule has 0 aliphatic heterocycles. The van der Waals surface area contributed by atoms with Gasteiger partial charge in [0, 0.05) is 35.8 Å². The van der Waals surface area contributed by atoms with Crippen molar-refractivity contribution in [3.63, 3.8) is 0 Å². The molecule has 0 bridgehead atoms. The molecule has 3 aromatic rings. The summed E-state index contributed by atoms with van der Waals surface area (Å²) in [6.07, 6.45) is 1.90. The highest BCUT2D eigenvalue weighted by molar-refractivity contribution is 5.51. The SMILES string of the molecule is O=c1cc(-c2nnc(C(F)F)o2)ccn1CC#Cc1ccncc1. The van der Waals surface area contributed by atoms with Crippen molar-refractivity contribution >= 4 is 0 Å². The summed E-state index contributed by atoms with van der Waals surface area (Å²) in [5.74, 6) is 4.87. The first-order valence-electron chi connectivity index (χ1n) is 6.85. The normalized spacial score (nSPS) is 10.5. The zero-order valence-electron chi connectivity index (χ0n) is 12.2. The molecule has 0 aliphatic rings. The number of aromatic nitrogens is 4. The predicted octanol–water partition coefficient (Wildman–Crippen LogP) is 2.28. The molecule has 3 aromatic heterocycles. The van der Waals surface area contributed by atoms with Crippen LogP contribution in [0.4, 0.5) is 8.78 Å². The Kier molecular flexibility index (Phi) is 4.43. The monoisotopic (exact) mass is 328 g/mol. The Morgan fingerprint density at radius 2 is 2.00 bits per heavy atom. The highest BCUT2D eigenvalue weighted by Crippen LogP contribution is 2.21. The van der Waals surface area contributed by atoms with Crippen molar-refractivity contribution in [2.24, 2.45) is 0 Å². The predicted molar refractivity (Wildman–Crippen MR) is 80.1 cm³/mol. The lowest BCUT2D eigenvalue weighted by molar-refractivity contribution is 0.116. The van der Waals surface area contributed by atoms with Crippen molar-refractivity contribution in [3.8, 4) is 23.3 Å². The van der Waals surface area contributed by atoms with E-state index in [1.807, 2.05) is 0 Å². The summed E-state index contributed by atoms with van der Waals surface area (Å²) in [4.78, 5) is 15.9. The third-order valence-corrected chi connectivity index (χ3v) is 3.03. The van der Waals surface area contributed by atoms with Crippen LogP contribution in [0, 0.1) is 11.8 Å². The molecule has 0 saturated heterocycles. The fraction of sp³-hybridized carbons (Fsp3) is 0.125. The summed E-state index contributed by atoms with van der Waals surface area (Å²) in [7, 11) is 0. The van der Waals surface area contributed by atoms with E-state index in [9.17, 15) is 13.6 Å². The molecule has 3 heterocycles. The largest absolute Gasteiger partial charge is 0.415 e. The molecule has 0 N–H and O–H groups in total. The van der Waals surface area contributed by atoms with Crippen LogP contribution in [0.1, 0.15) is 17.9 Å². The molecule has 0 fully saturated rings. The number of hydrogen-bond acceptors (Lipinski definition) is 5. The van der Waals surface area contributed by atoms with Crippen LogP contribution in [-0.2, 0) is 6.54 Å². The van der Waals surface area contributed by atoms with Gasteiger partial charge in [-0.2, -0.15) is 8.78 Å². The number of halogens is 2. The number of pyridine rings is 2. The molecular weight excluding hydrogens is 318 g/mol. The summed E-state index contributed by atoms with van der Waals surface area (Å²) < 4.78 is 31.1. The number of hydrogen-bond donors (Lipinski definition) is 0. The Morgan fingerprint density at radius 3 is 2.67 bits per heavy atom. The minimum atomic E-state index is -2.85. The second-order valence-electron chi connectivity index (χ2n) is 4.67. The fourth-order valence-corrected chi connectivity index (χ4v) is 1.87. The van der Waals surface area contributed by atoms with Gasteiger partial charge in [-0.3, -0.25) is 9.78 Å². The van der Waals surface area contributed by atoms with Crippen LogP contribution in [-0.4, -0.2) is 19.7 Å². The Hall–Kier alpha value is -3.34. The van der Waals surface area contributed by atoms with Gasteiger partial charge in [-0.05, 0) is 18.2 Å². The van der Waals surface area contributed by atoms with Crippen LogP contribution in [0.15, 0.2) is 52.1 Å². The van der Waals surface area contributed by atoms with Crippen molar-refractivity contribution in [2.75, 3.05) is 0 Å². The van der Waals surface area contributed by atoms with E-state index in [1.165, 1.54) is 22.9 Å². The molecule has 0 aromatic carbocycles. The van der Waals surface area contributed by atoms with Crippen LogP contribution >= 0.6 is 0 Å². The lowest BCUT2D eigenvalue weighted by Gasteiger charge is -2.01. The van der Waals surface area contributed by atoms with Gasteiger partial charge in [0.25, 0.3) is 11.4 Å². The van der Waals surface area contributed by atoms with Gasteiger partial charge < -0.3 is 8.98 Å². The van der Waals surface area contributed by atoms with E-state index in [1.54, 1.807) is 24.5 Å². The molecule has 24 heavy (non-hydrogen) atoms. The zero-order valence-corrected chi connectivity index (χ0v) is 12.2. The highest BCUT2D eigenvalue weighted by Gasteiger charge is 2.17. The van der Waals surface area contributed by atoms with E-state index in [-0.39, 0.29) is 23.6 Å². The van der Waals surface area contributed by atoms with Crippen LogP contribution in [0.3, 0.4) is 0 Å². The van der Waals surface area contributed by atoms with Crippen LogP contribution in [0.25, 0.3) is 11.5 Å². The van der Waals surface area contributed by atoms with Crippen molar-refractivity contribution < 1.29 is 13.2 Å². The van der Waals surface area contributed by atoms with Crippen molar-refractivity contribution in [2.45, 2.75) is 13.0 Å². The van der Waals surface area contributed by atoms with Crippen molar-refractivity contribution in [3.05, 3.63) is 64.7 Å². The van der Waals surface area contributed by atoms with Gasteiger partial charge in [-0.25, -0.2) is 0 Å². The Balaban J connectivity index is 1.78. The fourth-order valence-electron chi connectivity index (χ4n) is 1.87. The van der Waals surface area contributed by atoms with Crippen LogP contribution in [0.5, 0.6) is 0 Å². The lowest BCUT2D eigenvalue weighted by atomic mass is 10.2. The smallest absolute Gasteiger partial charge is 0.314 e. The first kappa shape index (κ1) is 15.6. The van der Waals surface area contributed by atoms with Gasteiger partial charge in [-0.15, -0.1) is 10.2 Å². The summed E-state index contributed by atoms with van der Waals surface area (Å²) >= 11 is 0. The lowest BCUT2D eigenvalue weighted by Crippen LogP contribution is -2.17. The number of alkyl halides is 2. The standard InChI is InChI=1S/C16H10F2N4O2/c17-14(18)16-21-20-15(24-16)12-5-9-22(13(23)10-12)8-1-2-11-3-6-19-7-4-11/h3-7,9-10,14H,8H2. The molecule has 3 rings (SSSR count). The first-order valence-corrected chi connectivity index (χ1v) is 6.85. The van der Waals surface area contributed by atoms with Gasteiger partial charge in [0.1, 0.15) is 0 Å². The molecule has 0 atom stereocenters. The number of nitrogens with zero attached hydrogens (tertiary/aromatic N) is 4. The van der Waals surface area contributed by atoms with E-state index >= 15 is 0 Å². The Bertz CT molecular complexity index is 955. The van der Waals surface area contributed by atoms with Gasteiger partial charge in [0.2, 0.25) is 5.89 Å². The van der Waals surface area contributed by atoms with Gasteiger partial charge >= 0.3 is 6.43 Å². The first-order chi connectivity index (χ1) is 11.6. The second-order valence-corrected chi connectivity index (χ2v) is 4.67. The van der Waals surface area contributed by atoms with Gasteiger partial charge in [0.15, 0.2) is 0 Å². The van der Waals surface area contributed by atoms with E-state index in [0.717, 1.165) is 5.56 Å². The minimum Gasteiger partial charge on any atom is -0.415 e. The maximum absolute atomic E-state index is 12.4. The molecule has 0 unspecified atom stereocenters. The third-order valence-electron chi connectivity index (χ3n) is 3.03. The summed E-state index contributed by atoms with van der Waals surface area (Å²) in [6, 6.07) is 6.28. The molecule has 0 spiro atoms. The molecule has 0 radical (unpaired) electrons. The van der Waals surface area contributed by atoms with E-state index in [4.69, 9.17) is 4.42 Å². The number of rotatable bonds is 3. The Morgan fingerprint density at radius 1 is 1.21 bits per heavy atom. The summed E-state index contributed by atoms with van der Waals surface area (Å²) in [5.41, 5.74) is 0.714. The summed E-state index contributed by atoms with van der Waals surface area (Å²) in [5, 5.41) is 6.73. The van der Waals surface area contributed by atoms with E-state index in [0.29, 0.717) is 0 Å². The minimum absolute atomic E-state index is 0.127. The van der Waals surface area contributed by atoms with Crippen LogP contribution < -0.4 is 5.56 Å². The maximum atomic E-state index is 12.4. The van der Waals surface area contributed by atoms with Crippen LogP contribution in [0.2, 0.25) is 0 Å². The average Bonchev–Trinajstić information content (AvgIpc) is 3.08. The molecule has 0 aliphatic carbocycles. The molecule has 0 amide bonds. The van der Waals surface area contributed by atoms with E-state index < -0.39 is 12.3 Å². The molecule has 120 valence electrons. The molecule has 8 heteroatoms. The molecular formula is C16H10F2N4O2. The highest BCUT2D eigenvalue weighted by atomic mass is 19.3. The van der Waals surface area contributed by atoms with E-state index in [2.05, 4.69) is 27.0 Å². The quantitative estimate of drug-likeness (QED) is 0.690. The van der Waals surface area contributed by atoms with Crippen molar-refractivity contribution in [1.29, 1.82) is 0 Å². The second kappa shape index (κ2) is 6.83. The zero-order chi connectivity index (χ0) is 16.9. The molecule has 6 nitrogen and oxygen atoms in total. The maximum Gasteiger partial charge on any atom is 0.314 e. The van der Waals surface area contributed by atoms with Gasteiger partial charge in [0.05, 0.1) is 6.54 Å². The Labute approximate surface area is 134 Å². The summed E-state index contributed by atoms with van der Waals surface area (Å²) in [6.45, 7) is 0.188. The third kappa shape index (κ3) is 3.52. The van der Waals surface area contributed by atoms with Crippen molar-refractivity contribution in [1.82, 2.24) is 19.7 Å². The average molecular weight is 328 g/mol. The van der Waals surface area contributed by atoms with Gasteiger partial charge in [-0.1, -0.05) is 11.8 Å².